The monoisotopic (exact) mass is 156 g/mol. The zero-order valence-corrected chi connectivity index (χ0v) is 6.00. The smallest absolute Gasteiger partial charge is 0.373 e. The van der Waals surface area contributed by atoms with Gasteiger partial charge in [-0.1, -0.05) is 0 Å². The number of carbonyl (C=O) groups is 1. The predicted molar refractivity (Wildman–Crippen MR) is 36.2 cm³/mol. The lowest BCUT2D eigenvalue weighted by atomic mass is 10.5. The molecule has 0 aliphatic heterocycles. The van der Waals surface area contributed by atoms with Crippen LogP contribution in [0.2, 0.25) is 0 Å². The van der Waals surface area contributed by atoms with E-state index >= 15 is 0 Å². The van der Waals surface area contributed by atoms with Crippen LogP contribution in [0.4, 0.5) is 0 Å². The van der Waals surface area contributed by atoms with Crippen LogP contribution in [0.1, 0.15) is 16.4 Å². The Labute approximate surface area is 63.0 Å². The largest absolute Gasteiger partial charge is 0.475 e. The number of rotatable bonds is 3. The van der Waals surface area contributed by atoms with Gasteiger partial charge in [-0.05, 0) is 7.05 Å². The molecule has 1 aromatic rings. The first-order valence-corrected chi connectivity index (χ1v) is 3.06. The van der Waals surface area contributed by atoms with Gasteiger partial charge in [0, 0.05) is 0 Å². The lowest BCUT2D eigenvalue weighted by Gasteiger charge is -1.89. The van der Waals surface area contributed by atoms with Crippen LogP contribution in [-0.2, 0) is 6.54 Å². The van der Waals surface area contributed by atoms with E-state index in [-0.39, 0.29) is 5.76 Å². The van der Waals surface area contributed by atoms with Crippen LogP contribution in [0.3, 0.4) is 0 Å². The third kappa shape index (κ3) is 1.78. The molecule has 5 nitrogen and oxygen atoms in total. The summed E-state index contributed by atoms with van der Waals surface area (Å²) < 4.78 is 4.81. The fourth-order valence-electron chi connectivity index (χ4n) is 0.642. The van der Waals surface area contributed by atoms with E-state index in [9.17, 15) is 4.79 Å². The van der Waals surface area contributed by atoms with E-state index in [1.165, 1.54) is 6.20 Å². The summed E-state index contributed by atoms with van der Waals surface area (Å²) in [5.74, 6) is -0.847. The van der Waals surface area contributed by atoms with Crippen LogP contribution in [-0.4, -0.2) is 23.1 Å². The molecule has 11 heavy (non-hydrogen) atoms. The lowest BCUT2D eigenvalue weighted by molar-refractivity contribution is 0.0660. The van der Waals surface area contributed by atoms with Gasteiger partial charge in [0.25, 0.3) is 0 Å². The van der Waals surface area contributed by atoms with Crippen molar-refractivity contribution in [3.63, 3.8) is 0 Å². The molecule has 2 N–H and O–H groups in total. The second kappa shape index (κ2) is 3.16. The van der Waals surface area contributed by atoms with Crippen LogP contribution < -0.4 is 5.32 Å². The number of nitrogens with one attached hydrogen (secondary N) is 1. The molecule has 0 saturated heterocycles. The zero-order valence-electron chi connectivity index (χ0n) is 6.00. The van der Waals surface area contributed by atoms with Crippen LogP contribution in [0, 0.1) is 0 Å². The molecule has 0 aliphatic rings. The van der Waals surface area contributed by atoms with Gasteiger partial charge in [-0.2, -0.15) is 0 Å². The van der Waals surface area contributed by atoms with Crippen molar-refractivity contribution in [3.05, 3.63) is 17.8 Å². The number of hydrogen-bond donors (Lipinski definition) is 2. The Morgan fingerprint density at radius 1 is 1.91 bits per heavy atom. The SMILES string of the molecule is CNCc1ncc(C(=O)O)o1. The molecule has 0 saturated carbocycles. The van der Waals surface area contributed by atoms with E-state index in [2.05, 4.69) is 10.3 Å². The molecule has 60 valence electrons. The summed E-state index contributed by atoms with van der Waals surface area (Å²) in [5.41, 5.74) is 0. The highest BCUT2D eigenvalue weighted by Gasteiger charge is 2.08. The van der Waals surface area contributed by atoms with Crippen molar-refractivity contribution in [2.24, 2.45) is 0 Å². The van der Waals surface area contributed by atoms with Gasteiger partial charge in [0.15, 0.2) is 0 Å². The number of oxazole rings is 1. The number of aromatic nitrogens is 1. The highest BCUT2D eigenvalue weighted by atomic mass is 16.4. The van der Waals surface area contributed by atoms with E-state index in [4.69, 9.17) is 9.52 Å². The number of carboxylic acids is 1. The van der Waals surface area contributed by atoms with Crippen molar-refractivity contribution >= 4 is 5.97 Å². The summed E-state index contributed by atoms with van der Waals surface area (Å²) in [4.78, 5) is 14.0. The summed E-state index contributed by atoms with van der Waals surface area (Å²) in [5, 5.41) is 11.2. The number of aromatic carboxylic acids is 1. The molecule has 0 radical (unpaired) electrons. The van der Waals surface area contributed by atoms with E-state index in [0.717, 1.165) is 0 Å². The van der Waals surface area contributed by atoms with Crippen LogP contribution >= 0.6 is 0 Å². The maximum absolute atomic E-state index is 10.3. The third-order valence-electron chi connectivity index (χ3n) is 1.09. The first kappa shape index (κ1) is 7.74. The molecule has 5 heteroatoms. The minimum atomic E-state index is -1.10. The normalized spacial score (nSPS) is 9.91. The molecule has 0 fully saturated rings. The number of carboxylic acid groups (broad SMARTS) is 1. The highest BCUT2D eigenvalue weighted by molar-refractivity contribution is 5.83. The Balaban J connectivity index is 2.73. The highest BCUT2D eigenvalue weighted by Crippen LogP contribution is 2.02. The molecule has 1 rings (SSSR count). The Hall–Kier alpha value is -1.36. The average Bonchev–Trinajstić information content (AvgIpc) is 2.37. The van der Waals surface area contributed by atoms with Crippen molar-refractivity contribution in [3.8, 4) is 0 Å². The fraction of sp³-hybridized carbons (Fsp3) is 0.333. The molecule has 0 spiro atoms. The van der Waals surface area contributed by atoms with Crippen molar-refractivity contribution in [2.45, 2.75) is 6.54 Å². The summed E-state index contributed by atoms with van der Waals surface area (Å²) in [6.07, 6.45) is 1.19. The second-order valence-electron chi connectivity index (χ2n) is 1.95. The van der Waals surface area contributed by atoms with Crippen molar-refractivity contribution in [1.29, 1.82) is 0 Å². The van der Waals surface area contributed by atoms with Gasteiger partial charge >= 0.3 is 5.97 Å². The molecule has 0 aliphatic carbocycles. The Kier molecular flexibility index (Phi) is 2.22. The van der Waals surface area contributed by atoms with Crippen LogP contribution in [0.5, 0.6) is 0 Å². The number of hydrogen-bond acceptors (Lipinski definition) is 4. The molecule has 0 atom stereocenters. The van der Waals surface area contributed by atoms with E-state index in [0.29, 0.717) is 12.4 Å². The quantitative estimate of drug-likeness (QED) is 0.648. The zero-order chi connectivity index (χ0) is 8.27. The number of nitrogens with zero attached hydrogens (tertiary/aromatic N) is 1. The van der Waals surface area contributed by atoms with Gasteiger partial charge in [0.2, 0.25) is 11.7 Å². The van der Waals surface area contributed by atoms with Gasteiger partial charge in [-0.25, -0.2) is 9.78 Å². The van der Waals surface area contributed by atoms with Crippen molar-refractivity contribution in [1.82, 2.24) is 10.3 Å². The molecular weight excluding hydrogens is 148 g/mol. The van der Waals surface area contributed by atoms with Gasteiger partial charge in [0.1, 0.15) is 0 Å². The Morgan fingerprint density at radius 2 is 2.64 bits per heavy atom. The van der Waals surface area contributed by atoms with E-state index < -0.39 is 5.97 Å². The van der Waals surface area contributed by atoms with Gasteiger partial charge in [0.05, 0.1) is 12.7 Å². The molecule has 1 heterocycles. The average molecular weight is 156 g/mol. The predicted octanol–water partition coefficient (Wildman–Crippen LogP) is 0.0922. The summed E-state index contributed by atoms with van der Waals surface area (Å²) in [7, 11) is 1.73. The summed E-state index contributed by atoms with van der Waals surface area (Å²) >= 11 is 0. The lowest BCUT2D eigenvalue weighted by Crippen LogP contribution is -2.04. The summed E-state index contributed by atoms with van der Waals surface area (Å²) in [6.45, 7) is 0.438. The minimum Gasteiger partial charge on any atom is -0.475 e. The maximum Gasteiger partial charge on any atom is 0.373 e. The molecule has 0 amide bonds. The molecule has 0 aromatic carbocycles. The standard InChI is InChI=1S/C6H8N2O3/c1-7-3-5-8-2-4(11-5)6(9)10/h2,7H,3H2,1H3,(H,9,10). The summed E-state index contributed by atoms with van der Waals surface area (Å²) in [6, 6.07) is 0. The molecule has 1 aromatic heterocycles. The van der Waals surface area contributed by atoms with E-state index in [1.54, 1.807) is 7.05 Å². The van der Waals surface area contributed by atoms with Crippen LogP contribution in [0.25, 0.3) is 0 Å². The minimum absolute atomic E-state index is 0.129. The van der Waals surface area contributed by atoms with Crippen molar-refractivity contribution in [2.75, 3.05) is 7.05 Å². The van der Waals surface area contributed by atoms with Gasteiger partial charge < -0.3 is 14.8 Å². The Bertz CT molecular complexity index is 256. The Morgan fingerprint density at radius 3 is 3.09 bits per heavy atom. The molecule has 0 unspecified atom stereocenters. The van der Waals surface area contributed by atoms with Crippen molar-refractivity contribution < 1.29 is 14.3 Å². The fourth-order valence-corrected chi connectivity index (χ4v) is 0.642. The first-order chi connectivity index (χ1) is 5.24. The molecular formula is C6H8N2O3. The first-order valence-electron chi connectivity index (χ1n) is 3.06. The van der Waals surface area contributed by atoms with Gasteiger partial charge in [-0.3, -0.25) is 0 Å². The third-order valence-corrected chi connectivity index (χ3v) is 1.09. The molecule has 0 bridgehead atoms. The maximum atomic E-state index is 10.3. The second-order valence-corrected chi connectivity index (χ2v) is 1.95. The topological polar surface area (TPSA) is 75.4 Å². The van der Waals surface area contributed by atoms with E-state index in [1.807, 2.05) is 0 Å². The van der Waals surface area contributed by atoms with Gasteiger partial charge in [-0.15, -0.1) is 0 Å². The van der Waals surface area contributed by atoms with Crippen LogP contribution in [0.15, 0.2) is 10.6 Å².